The molecule has 0 aliphatic heterocycles. The van der Waals surface area contributed by atoms with Crippen LogP contribution >= 0.6 is 11.3 Å². The van der Waals surface area contributed by atoms with Gasteiger partial charge in [0.15, 0.2) is 0 Å². The van der Waals surface area contributed by atoms with E-state index in [9.17, 15) is 0 Å². The van der Waals surface area contributed by atoms with E-state index < -0.39 is 0 Å². The summed E-state index contributed by atoms with van der Waals surface area (Å²) in [5.74, 6) is 0. The maximum absolute atomic E-state index is 6.42. The van der Waals surface area contributed by atoms with Gasteiger partial charge in [0.05, 0.1) is 11.0 Å². The van der Waals surface area contributed by atoms with Crippen molar-refractivity contribution in [1.82, 2.24) is 4.57 Å². The number of aromatic nitrogens is 1. The molecule has 0 radical (unpaired) electrons. The summed E-state index contributed by atoms with van der Waals surface area (Å²) in [4.78, 5) is 2.37. The molecule has 3 nitrogen and oxygen atoms in total. The summed E-state index contributed by atoms with van der Waals surface area (Å²) in [5.41, 5.74) is 8.49. The van der Waals surface area contributed by atoms with Crippen molar-refractivity contribution in [2.75, 3.05) is 4.90 Å². The Hall–Kier alpha value is -6.36. The number of thiophene rings is 1. The molecule has 3 heterocycles. The first kappa shape index (κ1) is 27.6. The van der Waals surface area contributed by atoms with Crippen molar-refractivity contribution in [2.45, 2.75) is 0 Å². The third-order valence-electron chi connectivity index (χ3n) is 10.1. The molecule has 0 aliphatic rings. The van der Waals surface area contributed by atoms with Crippen molar-refractivity contribution >= 4 is 103 Å². The Morgan fingerprint density at radius 2 is 1.06 bits per heavy atom. The molecule has 0 saturated carbocycles. The van der Waals surface area contributed by atoms with Crippen LogP contribution in [0.15, 0.2) is 174 Å². The van der Waals surface area contributed by atoms with Crippen LogP contribution in [-0.4, -0.2) is 4.57 Å². The third kappa shape index (κ3) is 4.09. The Morgan fingerprint density at radius 3 is 1.96 bits per heavy atom. The minimum atomic E-state index is 0.876. The van der Waals surface area contributed by atoms with E-state index in [1.165, 1.54) is 47.2 Å². The second-order valence-corrected chi connectivity index (χ2v) is 14.1. The van der Waals surface area contributed by atoms with Gasteiger partial charge in [0.2, 0.25) is 0 Å². The normalized spacial score (nSPS) is 12.0. The van der Waals surface area contributed by atoms with Crippen LogP contribution in [0.3, 0.4) is 0 Å². The number of benzene rings is 8. The topological polar surface area (TPSA) is 21.3 Å². The average molecular weight is 657 g/mol. The second kappa shape index (κ2) is 10.6. The Kier molecular flexibility index (Phi) is 5.83. The SMILES string of the molecule is c1ccc(-n2c3ccccc3c3ccc(N(c4ccc5cc6c(cc5c4)sc4ccccc46)c4ccc5c(c4)oc4ccccc45)cc32)cc1. The first-order valence-corrected chi connectivity index (χ1v) is 17.7. The van der Waals surface area contributed by atoms with Crippen molar-refractivity contribution in [3.05, 3.63) is 170 Å². The highest BCUT2D eigenvalue weighted by molar-refractivity contribution is 7.25. The number of hydrogen-bond acceptors (Lipinski definition) is 3. The van der Waals surface area contributed by atoms with Crippen LogP contribution in [0.2, 0.25) is 0 Å². The molecular formula is C46H28N2OS. The van der Waals surface area contributed by atoms with Gasteiger partial charge in [0.25, 0.3) is 0 Å². The minimum Gasteiger partial charge on any atom is -0.456 e. The van der Waals surface area contributed by atoms with Crippen LogP contribution in [0.25, 0.3) is 80.4 Å². The van der Waals surface area contributed by atoms with E-state index in [1.54, 1.807) is 0 Å². The Morgan fingerprint density at radius 1 is 0.400 bits per heavy atom. The van der Waals surface area contributed by atoms with Crippen LogP contribution in [0.5, 0.6) is 0 Å². The van der Waals surface area contributed by atoms with E-state index in [0.29, 0.717) is 0 Å². The lowest BCUT2D eigenvalue weighted by molar-refractivity contribution is 0.669. The van der Waals surface area contributed by atoms with Gasteiger partial charge >= 0.3 is 0 Å². The molecule has 11 rings (SSSR count). The zero-order chi connectivity index (χ0) is 32.8. The van der Waals surface area contributed by atoms with Gasteiger partial charge in [-0.2, -0.15) is 0 Å². The number of anilines is 3. The van der Waals surface area contributed by atoms with Gasteiger partial charge < -0.3 is 13.9 Å². The number of hydrogen-bond donors (Lipinski definition) is 0. The van der Waals surface area contributed by atoms with E-state index in [0.717, 1.165) is 50.2 Å². The maximum atomic E-state index is 6.42. The summed E-state index contributed by atoms with van der Waals surface area (Å²) >= 11 is 1.86. The molecule has 11 aromatic rings. The molecule has 0 fully saturated rings. The summed E-state index contributed by atoms with van der Waals surface area (Å²) in [7, 11) is 0. The fourth-order valence-electron chi connectivity index (χ4n) is 7.85. The number of para-hydroxylation sites is 3. The van der Waals surface area contributed by atoms with Crippen molar-refractivity contribution in [3.8, 4) is 5.69 Å². The molecule has 50 heavy (non-hydrogen) atoms. The second-order valence-electron chi connectivity index (χ2n) is 13.0. The van der Waals surface area contributed by atoms with E-state index >= 15 is 0 Å². The Bertz CT molecular complexity index is 3110. The zero-order valence-electron chi connectivity index (χ0n) is 26.9. The first-order chi connectivity index (χ1) is 24.8. The molecule has 3 aromatic heterocycles. The van der Waals surface area contributed by atoms with E-state index in [1.807, 2.05) is 23.5 Å². The van der Waals surface area contributed by atoms with Gasteiger partial charge in [-0.1, -0.05) is 84.9 Å². The molecule has 0 bridgehead atoms. The summed E-state index contributed by atoms with van der Waals surface area (Å²) < 4.78 is 11.4. The highest BCUT2D eigenvalue weighted by Crippen LogP contribution is 2.43. The molecule has 8 aromatic carbocycles. The zero-order valence-corrected chi connectivity index (χ0v) is 27.7. The highest BCUT2D eigenvalue weighted by Gasteiger charge is 2.19. The predicted octanol–water partition coefficient (Wildman–Crippen LogP) is 13.7. The number of fused-ring (bicyclic) bond motifs is 10. The van der Waals surface area contributed by atoms with Gasteiger partial charge in [-0.15, -0.1) is 11.3 Å². The van der Waals surface area contributed by atoms with E-state index in [-0.39, 0.29) is 0 Å². The summed E-state index contributed by atoms with van der Waals surface area (Å²) in [6, 6.07) is 61.4. The minimum absolute atomic E-state index is 0.876. The monoisotopic (exact) mass is 656 g/mol. The fraction of sp³-hybridized carbons (Fsp3) is 0. The molecular weight excluding hydrogens is 629 g/mol. The first-order valence-electron chi connectivity index (χ1n) is 16.9. The number of furan rings is 1. The van der Waals surface area contributed by atoms with Gasteiger partial charge in [-0.05, 0) is 89.6 Å². The quantitative estimate of drug-likeness (QED) is 0.188. The average Bonchev–Trinajstić information content (AvgIpc) is 3.83. The highest BCUT2D eigenvalue weighted by atomic mass is 32.1. The molecule has 0 spiro atoms. The lowest BCUT2D eigenvalue weighted by Gasteiger charge is -2.26. The van der Waals surface area contributed by atoms with Gasteiger partial charge in [-0.25, -0.2) is 0 Å². The van der Waals surface area contributed by atoms with Gasteiger partial charge in [0, 0.05) is 70.5 Å². The molecule has 4 heteroatoms. The summed E-state index contributed by atoms with van der Waals surface area (Å²) in [6.07, 6.45) is 0. The summed E-state index contributed by atoms with van der Waals surface area (Å²) in [6.45, 7) is 0. The Labute approximate surface area is 291 Å². The van der Waals surface area contributed by atoms with Gasteiger partial charge in [0.1, 0.15) is 11.2 Å². The Balaban J connectivity index is 1.17. The third-order valence-corrected chi connectivity index (χ3v) is 11.3. The van der Waals surface area contributed by atoms with Crippen molar-refractivity contribution in [3.63, 3.8) is 0 Å². The van der Waals surface area contributed by atoms with Crippen LogP contribution in [0.4, 0.5) is 17.1 Å². The van der Waals surface area contributed by atoms with Crippen LogP contribution in [0.1, 0.15) is 0 Å². The number of nitrogens with zero attached hydrogens (tertiary/aromatic N) is 2. The molecule has 0 aliphatic carbocycles. The fourth-order valence-corrected chi connectivity index (χ4v) is 8.99. The van der Waals surface area contributed by atoms with Crippen LogP contribution < -0.4 is 4.90 Å². The van der Waals surface area contributed by atoms with Crippen molar-refractivity contribution in [1.29, 1.82) is 0 Å². The van der Waals surface area contributed by atoms with E-state index in [4.69, 9.17) is 4.42 Å². The number of rotatable bonds is 4. The smallest absolute Gasteiger partial charge is 0.137 e. The molecule has 0 N–H and O–H groups in total. The van der Waals surface area contributed by atoms with E-state index in [2.05, 4.69) is 167 Å². The van der Waals surface area contributed by atoms with Crippen LogP contribution in [0, 0.1) is 0 Å². The molecule has 0 amide bonds. The lowest BCUT2D eigenvalue weighted by Crippen LogP contribution is -2.10. The van der Waals surface area contributed by atoms with Gasteiger partial charge in [-0.3, -0.25) is 0 Å². The molecule has 0 unspecified atom stereocenters. The summed E-state index contributed by atoms with van der Waals surface area (Å²) in [5, 5.41) is 9.81. The molecule has 0 atom stereocenters. The predicted molar refractivity (Wildman–Crippen MR) is 213 cm³/mol. The molecule has 0 saturated heterocycles. The van der Waals surface area contributed by atoms with Crippen molar-refractivity contribution in [2.24, 2.45) is 0 Å². The standard InChI is InChI=1S/C46H28N2OS/c1-2-10-31(11-3-1)48-41-15-7-4-12-35(41)36-22-20-33(27-42(36)48)47(34-21-23-38-37-13-5-8-16-43(37)49-44(38)28-34)32-19-18-29-25-40-39-14-6-9-17-45(39)50-46(40)26-30(29)24-32/h1-28H. The molecule has 234 valence electrons. The largest absolute Gasteiger partial charge is 0.456 e. The lowest BCUT2D eigenvalue weighted by atomic mass is 10.0. The van der Waals surface area contributed by atoms with Crippen molar-refractivity contribution < 1.29 is 4.42 Å². The van der Waals surface area contributed by atoms with Crippen LogP contribution in [-0.2, 0) is 0 Å². The maximum Gasteiger partial charge on any atom is 0.137 e.